The van der Waals surface area contributed by atoms with Crippen LogP contribution in [0.25, 0.3) is 0 Å². The maximum absolute atomic E-state index is 11.5. The van der Waals surface area contributed by atoms with E-state index in [0.717, 1.165) is 0 Å². The lowest BCUT2D eigenvalue weighted by atomic mass is 10.1. The number of esters is 1. The summed E-state index contributed by atoms with van der Waals surface area (Å²) >= 11 is 0. The van der Waals surface area contributed by atoms with Crippen LogP contribution in [0.5, 0.6) is 0 Å². The third-order valence-corrected chi connectivity index (χ3v) is 2.06. The first kappa shape index (κ1) is 15.4. The summed E-state index contributed by atoms with van der Waals surface area (Å²) in [4.78, 5) is 11.5. The topological polar surface area (TPSA) is 61.5 Å². The van der Waals surface area contributed by atoms with Crippen LogP contribution in [0.4, 0.5) is 0 Å². The summed E-state index contributed by atoms with van der Waals surface area (Å²) in [5.74, 6) is -0.275. The van der Waals surface area contributed by atoms with Crippen molar-refractivity contribution < 1.29 is 14.3 Å². The summed E-state index contributed by atoms with van der Waals surface area (Å²) in [6.45, 7) is 11.9. The summed E-state index contributed by atoms with van der Waals surface area (Å²) in [6, 6.07) is -0.558. The van der Waals surface area contributed by atoms with Crippen LogP contribution < -0.4 is 5.73 Å². The molecule has 0 radical (unpaired) electrons. The minimum absolute atomic E-state index is 0.0863. The van der Waals surface area contributed by atoms with E-state index in [2.05, 4.69) is 0 Å². The molecule has 0 aliphatic heterocycles. The highest BCUT2D eigenvalue weighted by atomic mass is 16.6. The van der Waals surface area contributed by atoms with Gasteiger partial charge in [-0.1, -0.05) is 13.8 Å². The van der Waals surface area contributed by atoms with Crippen LogP contribution in [0.2, 0.25) is 0 Å². The smallest absolute Gasteiger partial charge is 0.323 e. The largest absolute Gasteiger partial charge is 0.459 e. The van der Waals surface area contributed by atoms with Crippen molar-refractivity contribution in [2.24, 2.45) is 11.7 Å². The van der Waals surface area contributed by atoms with Gasteiger partial charge in [-0.15, -0.1) is 0 Å². The Balaban J connectivity index is 3.96. The molecule has 2 unspecified atom stereocenters. The van der Waals surface area contributed by atoms with Crippen molar-refractivity contribution in [3.63, 3.8) is 0 Å². The van der Waals surface area contributed by atoms with Crippen LogP contribution in [0, 0.1) is 5.92 Å². The Hall–Kier alpha value is -0.610. The maximum atomic E-state index is 11.5. The van der Waals surface area contributed by atoms with Gasteiger partial charge >= 0.3 is 5.97 Å². The van der Waals surface area contributed by atoms with E-state index in [1.165, 1.54) is 0 Å². The van der Waals surface area contributed by atoms with Crippen molar-refractivity contribution in [3.05, 3.63) is 0 Å². The van der Waals surface area contributed by atoms with Gasteiger partial charge in [-0.05, 0) is 33.6 Å². The Morgan fingerprint density at radius 2 is 1.75 bits per heavy atom. The first-order valence-electron chi connectivity index (χ1n) is 5.73. The molecule has 4 heteroatoms. The first-order chi connectivity index (χ1) is 7.13. The van der Waals surface area contributed by atoms with Gasteiger partial charge < -0.3 is 15.2 Å². The van der Waals surface area contributed by atoms with Crippen molar-refractivity contribution in [2.75, 3.05) is 6.61 Å². The van der Waals surface area contributed by atoms with Crippen molar-refractivity contribution in [1.82, 2.24) is 0 Å². The maximum Gasteiger partial charge on any atom is 0.323 e. The van der Waals surface area contributed by atoms with Gasteiger partial charge in [-0.25, -0.2) is 0 Å². The van der Waals surface area contributed by atoms with E-state index in [1.807, 2.05) is 34.6 Å². The van der Waals surface area contributed by atoms with E-state index in [-0.39, 0.29) is 23.6 Å². The Kier molecular flexibility index (Phi) is 5.97. The Labute approximate surface area is 98.5 Å². The van der Waals surface area contributed by atoms with Crippen LogP contribution in [0.15, 0.2) is 0 Å². The molecule has 2 atom stereocenters. The normalized spacial score (nSPS) is 16.0. The summed E-state index contributed by atoms with van der Waals surface area (Å²) < 4.78 is 10.7. The van der Waals surface area contributed by atoms with Gasteiger partial charge in [0.15, 0.2) is 0 Å². The van der Waals surface area contributed by atoms with Crippen LogP contribution in [-0.2, 0) is 14.3 Å². The number of nitrogens with two attached hydrogens (primary N) is 1. The molecule has 0 amide bonds. The molecule has 0 spiro atoms. The fraction of sp³-hybridized carbons (Fsp3) is 0.917. The second-order valence-corrected chi connectivity index (χ2v) is 5.44. The number of ether oxygens (including phenoxy) is 2. The number of hydrogen-bond donors (Lipinski definition) is 1. The van der Waals surface area contributed by atoms with Gasteiger partial charge in [0.2, 0.25) is 0 Å². The third-order valence-electron chi connectivity index (χ3n) is 2.06. The standard InChI is InChI=1S/C12H25NO3/c1-8(2)10(13)11(14)16-9(3)7-15-12(4,5)6/h8-10H,7,13H2,1-6H3. The molecule has 0 fully saturated rings. The predicted molar refractivity (Wildman–Crippen MR) is 64.1 cm³/mol. The summed E-state index contributed by atoms with van der Waals surface area (Å²) in [5.41, 5.74) is 5.45. The summed E-state index contributed by atoms with van der Waals surface area (Å²) in [5, 5.41) is 0. The van der Waals surface area contributed by atoms with Crippen molar-refractivity contribution in [1.29, 1.82) is 0 Å². The molecular weight excluding hydrogens is 206 g/mol. The van der Waals surface area contributed by atoms with Gasteiger partial charge in [0.05, 0.1) is 12.2 Å². The van der Waals surface area contributed by atoms with Crippen LogP contribution in [0.1, 0.15) is 41.5 Å². The van der Waals surface area contributed by atoms with Crippen molar-refractivity contribution in [2.45, 2.75) is 59.3 Å². The highest BCUT2D eigenvalue weighted by molar-refractivity contribution is 5.75. The number of rotatable bonds is 5. The average Bonchev–Trinajstić information content (AvgIpc) is 2.12. The molecule has 96 valence electrons. The van der Waals surface area contributed by atoms with E-state index in [4.69, 9.17) is 15.2 Å². The molecular formula is C12H25NO3. The molecule has 0 saturated carbocycles. The highest BCUT2D eigenvalue weighted by Gasteiger charge is 2.22. The Morgan fingerprint density at radius 3 is 2.12 bits per heavy atom. The molecule has 0 bridgehead atoms. The molecule has 4 nitrogen and oxygen atoms in total. The molecule has 0 aromatic rings. The lowest BCUT2D eigenvalue weighted by Gasteiger charge is -2.24. The Bertz CT molecular complexity index is 221. The van der Waals surface area contributed by atoms with Crippen LogP contribution in [0.3, 0.4) is 0 Å². The van der Waals surface area contributed by atoms with Crippen LogP contribution in [-0.4, -0.2) is 30.3 Å². The zero-order valence-electron chi connectivity index (χ0n) is 11.2. The minimum atomic E-state index is -0.558. The van der Waals surface area contributed by atoms with Crippen molar-refractivity contribution >= 4 is 5.97 Å². The second kappa shape index (κ2) is 6.21. The zero-order chi connectivity index (χ0) is 12.9. The monoisotopic (exact) mass is 231 g/mol. The van der Waals surface area contributed by atoms with E-state index in [0.29, 0.717) is 6.61 Å². The molecule has 16 heavy (non-hydrogen) atoms. The predicted octanol–water partition coefficient (Wildman–Crippen LogP) is 1.72. The summed E-state index contributed by atoms with van der Waals surface area (Å²) in [6.07, 6.45) is -0.267. The summed E-state index contributed by atoms with van der Waals surface area (Å²) in [7, 11) is 0. The third kappa shape index (κ3) is 6.80. The van der Waals surface area contributed by atoms with E-state index >= 15 is 0 Å². The molecule has 0 aromatic carbocycles. The van der Waals surface area contributed by atoms with Gasteiger partial charge in [0.1, 0.15) is 12.1 Å². The number of carbonyl (C=O) groups is 1. The highest BCUT2D eigenvalue weighted by Crippen LogP contribution is 2.09. The zero-order valence-corrected chi connectivity index (χ0v) is 11.2. The fourth-order valence-corrected chi connectivity index (χ4v) is 0.950. The average molecular weight is 231 g/mol. The van der Waals surface area contributed by atoms with Gasteiger partial charge in [0, 0.05) is 0 Å². The van der Waals surface area contributed by atoms with Crippen LogP contribution >= 0.6 is 0 Å². The van der Waals surface area contributed by atoms with Crippen molar-refractivity contribution in [3.8, 4) is 0 Å². The molecule has 0 saturated heterocycles. The van der Waals surface area contributed by atoms with Gasteiger partial charge in [-0.2, -0.15) is 0 Å². The SMILES string of the molecule is CC(COC(C)(C)C)OC(=O)C(N)C(C)C. The number of carbonyl (C=O) groups excluding carboxylic acids is 1. The molecule has 0 heterocycles. The Morgan fingerprint density at radius 1 is 1.25 bits per heavy atom. The lowest BCUT2D eigenvalue weighted by molar-refractivity contribution is -0.156. The molecule has 0 rings (SSSR count). The minimum Gasteiger partial charge on any atom is -0.459 e. The molecule has 2 N–H and O–H groups in total. The van der Waals surface area contributed by atoms with Gasteiger partial charge in [0.25, 0.3) is 0 Å². The fourth-order valence-electron chi connectivity index (χ4n) is 0.950. The first-order valence-corrected chi connectivity index (χ1v) is 5.73. The lowest BCUT2D eigenvalue weighted by Crippen LogP contribution is -2.39. The quantitative estimate of drug-likeness (QED) is 0.732. The second-order valence-electron chi connectivity index (χ2n) is 5.44. The molecule has 0 aromatic heterocycles. The van der Waals surface area contributed by atoms with E-state index < -0.39 is 6.04 Å². The molecule has 0 aliphatic rings. The van der Waals surface area contributed by atoms with E-state index in [9.17, 15) is 4.79 Å². The van der Waals surface area contributed by atoms with Gasteiger partial charge in [-0.3, -0.25) is 4.79 Å². The van der Waals surface area contributed by atoms with E-state index in [1.54, 1.807) is 6.92 Å². The molecule has 0 aliphatic carbocycles. The number of hydrogen-bond acceptors (Lipinski definition) is 4.